The summed E-state index contributed by atoms with van der Waals surface area (Å²) in [5.41, 5.74) is 2.36. The van der Waals surface area contributed by atoms with Gasteiger partial charge in [-0.3, -0.25) is 4.99 Å². The van der Waals surface area contributed by atoms with Gasteiger partial charge in [0.25, 0.3) is 0 Å². The average Bonchev–Trinajstić information content (AvgIpc) is 2.97. The number of aliphatic imine (C=N–C) groups is 1. The lowest BCUT2D eigenvalue weighted by molar-refractivity contribution is 0.298. The van der Waals surface area contributed by atoms with Gasteiger partial charge >= 0.3 is 0 Å². The third-order valence-corrected chi connectivity index (χ3v) is 4.97. The second-order valence-corrected chi connectivity index (χ2v) is 6.87. The fraction of sp³-hybridized carbons (Fsp3) is 0.389. The van der Waals surface area contributed by atoms with Crippen LogP contribution in [0.3, 0.4) is 0 Å². The molecule has 1 heterocycles. The van der Waals surface area contributed by atoms with Crippen molar-refractivity contribution in [2.75, 3.05) is 27.7 Å². The Labute approximate surface area is 147 Å². The summed E-state index contributed by atoms with van der Waals surface area (Å²) in [6.45, 7) is 3.55. The van der Waals surface area contributed by atoms with E-state index in [4.69, 9.17) is 0 Å². The Morgan fingerprint density at radius 2 is 1.92 bits per heavy atom. The highest BCUT2D eigenvalue weighted by Crippen LogP contribution is 2.18. The van der Waals surface area contributed by atoms with E-state index in [1.807, 2.05) is 26.2 Å². The molecule has 1 unspecified atom stereocenters. The van der Waals surface area contributed by atoms with Gasteiger partial charge in [0, 0.05) is 18.5 Å². The van der Waals surface area contributed by atoms with Gasteiger partial charge < -0.3 is 15.5 Å². The second kappa shape index (κ2) is 8.80. The summed E-state index contributed by atoms with van der Waals surface area (Å²) >= 11 is 1.74. The van der Waals surface area contributed by atoms with Crippen LogP contribution in [-0.2, 0) is 6.54 Å². The number of hydrogen-bond donors (Lipinski definition) is 2. The summed E-state index contributed by atoms with van der Waals surface area (Å²) in [5.74, 6) is 0.546. The molecule has 0 aliphatic carbocycles. The topological polar surface area (TPSA) is 39.7 Å². The standard InChI is InChI=1S/C18H25FN4S/c1-13-9-10-24-17(13)12-22-18(20-2)21-11-16(23(3)4)14-5-7-15(19)8-6-14/h5-10,16H,11-12H2,1-4H3,(H2,20,21,22). The number of nitrogens with zero attached hydrogens (tertiary/aromatic N) is 2. The molecule has 6 heteroatoms. The highest BCUT2D eigenvalue weighted by Gasteiger charge is 2.14. The van der Waals surface area contributed by atoms with E-state index in [2.05, 4.69) is 38.9 Å². The molecule has 2 N–H and O–H groups in total. The van der Waals surface area contributed by atoms with Crippen molar-refractivity contribution < 1.29 is 4.39 Å². The maximum atomic E-state index is 13.1. The lowest BCUT2D eigenvalue weighted by Crippen LogP contribution is -2.41. The molecule has 0 fully saturated rings. The molecule has 0 bridgehead atoms. The zero-order chi connectivity index (χ0) is 17.5. The van der Waals surface area contributed by atoms with Gasteiger partial charge in [-0.05, 0) is 55.7 Å². The molecule has 0 amide bonds. The molecule has 130 valence electrons. The lowest BCUT2D eigenvalue weighted by Gasteiger charge is -2.26. The summed E-state index contributed by atoms with van der Waals surface area (Å²) in [6.07, 6.45) is 0. The Hall–Kier alpha value is -1.92. The lowest BCUT2D eigenvalue weighted by atomic mass is 10.1. The number of likely N-dealkylation sites (N-methyl/N-ethyl adjacent to an activating group) is 1. The molecule has 1 atom stereocenters. The van der Waals surface area contributed by atoms with E-state index in [1.54, 1.807) is 18.4 Å². The number of aryl methyl sites for hydroxylation is 1. The highest BCUT2D eigenvalue weighted by atomic mass is 32.1. The molecule has 0 spiro atoms. The van der Waals surface area contributed by atoms with Crippen LogP contribution in [0.1, 0.15) is 22.0 Å². The quantitative estimate of drug-likeness (QED) is 0.622. The van der Waals surface area contributed by atoms with E-state index >= 15 is 0 Å². The van der Waals surface area contributed by atoms with Gasteiger partial charge in [-0.2, -0.15) is 0 Å². The van der Waals surface area contributed by atoms with Crippen molar-refractivity contribution in [3.8, 4) is 0 Å². The van der Waals surface area contributed by atoms with Gasteiger partial charge in [0.15, 0.2) is 5.96 Å². The van der Waals surface area contributed by atoms with E-state index in [-0.39, 0.29) is 11.9 Å². The molecular formula is C18H25FN4S. The molecule has 4 nitrogen and oxygen atoms in total. The zero-order valence-corrected chi connectivity index (χ0v) is 15.5. The van der Waals surface area contributed by atoms with Gasteiger partial charge in [0.05, 0.1) is 12.6 Å². The van der Waals surface area contributed by atoms with Crippen LogP contribution in [0.15, 0.2) is 40.7 Å². The SMILES string of the molecule is CN=C(NCc1sccc1C)NCC(c1ccc(F)cc1)N(C)C. The van der Waals surface area contributed by atoms with Crippen LogP contribution in [0.25, 0.3) is 0 Å². The molecule has 1 aromatic heterocycles. The number of guanidine groups is 1. The van der Waals surface area contributed by atoms with Crippen molar-refractivity contribution >= 4 is 17.3 Å². The van der Waals surface area contributed by atoms with Crippen molar-refractivity contribution in [2.45, 2.75) is 19.5 Å². The van der Waals surface area contributed by atoms with Gasteiger partial charge in [0.2, 0.25) is 0 Å². The van der Waals surface area contributed by atoms with Gasteiger partial charge in [-0.1, -0.05) is 12.1 Å². The number of halogens is 1. The van der Waals surface area contributed by atoms with Crippen molar-refractivity contribution in [2.24, 2.45) is 4.99 Å². The average molecular weight is 348 g/mol. The first-order valence-electron chi connectivity index (χ1n) is 7.90. The number of hydrogen-bond acceptors (Lipinski definition) is 3. The van der Waals surface area contributed by atoms with Crippen LogP contribution in [0, 0.1) is 12.7 Å². The number of benzene rings is 1. The molecule has 0 aliphatic heterocycles. The first-order chi connectivity index (χ1) is 11.5. The summed E-state index contributed by atoms with van der Waals surface area (Å²) in [7, 11) is 5.79. The number of thiophene rings is 1. The fourth-order valence-corrected chi connectivity index (χ4v) is 3.29. The monoisotopic (exact) mass is 348 g/mol. The summed E-state index contributed by atoms with van der Waals surface area (Å²) in [4.78, 5) is 7.69. The Bertz CT molecular complexity index is 664. The number of rotatable bonds is 6. The maximum absolute atomic E-state index is 13.1. The Morgan fingerprint density at radius 1 is 1.21 bits per heavy atom. The largest absolute Gasteiger partial charge is 0.354 e. The minimum absolute atomic E-state index is 0.132. The molecule has 2 aromatic rings. The van der Waals surface area contributed by atoms with E-state index in [0.717, 1.165) is 18.1 Å². The van der Waals surface area contributed by atoms with Crippen LogP contribution >= 0.6 is 11.3 Å². The maximum Gasteiger partial charge on any atom is 0.191 e. The third kappa shape index (κ3) is 5.04. The molecule has 24 heavy (non-hydrogen) atoms. The minimum atomic E-state index is -0.215. The van der Waals surface area contributed by atoms with Crippen LogP contribution in [-0.4, -0.2) is 38.5 Å². The smallest absolute Gasteiger partial charge is 0.191 e. The van der Waals surface area contributed by atoms with Crippen molar-refractivity contribution in [3.05, 3.63) is 57.5 Å². The Balaban J connectivity index is 1.94. The predicted octanol–water partition coefficient (Wildman–Crippen LogP) is 3.16. The van der Waals surface area contributed by atoms with E-state index in [9.17, 15) is 4.39 Å². The molecule has 0 radical (unpaired) electrons. The summed E-state index contributed by atoms with van der Waals surface area (Å²) in [5, 5.41) is 8.79. The van der Waals surface area contributed by atoms with E-state index in [1.165, 1.54) is 22.6 Å². The molecule has 0 aliphatic rings. The van der Waals surface area contributed by atoms with Gasteiger partial charge in [0.1, 0.15) is 5.82 Å². The Kier molecular flexibility index (Phi) is 6.75. The van der Waals surface area contributed by atoms with Gasteiger partial charge in [-0.15, -0.1) is 11.3 Å². The normalized spacial score (nSPS) is 13.2. The summed E-state index contributed by atoms with van der Waals surface area (Å²) < 4.78 is 13.1. The molecule has 1 aromatic carbocycles. The van der Waals surface area contributed by atoms with E-state index < -0.39 is 0 Å². The van der Waals surface area contributed by atoms with Crippen LogP contribution < -0.4 is 10.6 Å². The highest BCUT2D eigenvalue weighted by molar-refractivity contribution is 7.10. The van der Waals surface area contributed by atoms with E-state index in [0.29, 0.717) is 6.54 Å². The molecule has 0 saturated heterocycles. The number of nitrogens with one attached hydrogen (secondary N) is 2. The minimum Gasteiger partial charge on any atom is -0.354 e. The van der Waals surface area contributed by atoms with Crippen molar-refractivity contribution in [1.29, 1.82) is 0 Å². The molecule has 2 rings (SSSR count). The Morgan fingerprint density at radius 3 is 2.46 bits per heavy atom. The zero-order valence-electron chi connectivity index (χ0n) is 14.6. The summed E-state index contributed by atoms with van der Waals surface area (Å²) in [6, 6.07) is 8.90. The predicted molar refractivity (Wildman–Crippen MR) is 100 cm³/mol. The first kappa shape index (κ1) is 18.4. The van der Waals surface area contributed by atoms with Crippen molar-refractivity contribution in [1.82, 2.24) is 15.5 Å². The third-order valence-electron chi connectivity index (χ3n) is 3.95. The molecular weight excluding hydrogens is 323 g/mol. The second-order valence-electron chi connectivity index (χ2n) is 5.86. The van der Waals surface area contributed by atoms with Crippen LogP contribution in [0.5, 0.6) is 0 Å². The van der Waals surface area contributed by atoms with Crippen LogP contribution in [0.2, 0.25) is 0 Å². The van der Waals surface area contributed by atoms with Crippen LogP contribution in [0.4, 0.5) is 4.39 Å². The fourth-order valence-electron chi connectivity index (χ4n) is 2.45. The molecule has 0 saturated carbocycles. The van der Waals surface area contributed by atoms with Crippen molar-refractivity contribution in [3.63, 3.8) is 0 Å². The first-order valence-corrected chi connectivity index (χ1v) is 8.78. The van der Waals surface area contributed by atoms with Gasteiger partial charge in [-0.25, -0.2) is 4.39 Å².